The smallest absolute Gasteiger partial charge is 0.272 e. The molecule has 8 nitrogen and oxygen atoms in total. The van der Waals surface area contributed by atoms with Crippen LogP contribution in [0.5, 0.6) is 0 Å². The number of nitrogens with zero attached hydrogens (tertiary/aromatic N) is 5. The molecule has 6 rings (SSSR count). The van der Waals surface area contributed by atoms with Crippen LogP contribution in [0.2, 0.25) is 5.02 Å². The number of anilines is 2. The minimum absolute atomic E-state index is 0.215. The minimum Gasteiger partial charge on any atom is -0.389 e. The highest BCUT2D eigenvalue weighted by Gasteiger charge is 2.59. The SMILES string of the molecule is C[C@@]1(N2CCC(c3cc4nc(Nc5ccnn5[C@@H]5CC5(F)F)ncc4cc3Cl)CC2)COC[C@@H]1O. The summed E-state index contributed by atoms with van der Waals surface area (Å²) in [4.78, 5) is 11.3. The molecule has 2 saturated heterocycles. The minimum atomic E-state index is -2.73. The number of aliphatic hydroxyl groups is 1. The van der Waals surface area contributed by atoms with Crippen molar-refractivity contribution in [3.63, 3.8) is 0 Å². The van der Waals surface area contributed by atoms with E-state index in [9.17, 15) is 13.9 Å². The summed E-state index contributed by atoms with van der Waals surface area (Å²) in [6, 6.07) is 4.59. The molecule has 35 heavy (non-hydrogen) atoms. The fraction of sp³-hybridized carbons (Fsp3) is 0.542. The van der Waals surface area contributed by atoms with E-state index in [0.717, 1.165) is 42.4 Å². The number of nitrogens with one attached hydrogen (secondary N) is 1. The second-order valence-electron chi connectivity index (χ2n) is 10.0. The third-order valence-electron chi connectivity index (χ3n) is 7.74. The van der Waals surface area contributed by atoms with Gasteiger partial charge in [-0.3, -0.25) is 4.90 Å². The van der Waals surface area contributed by atoms with Crippen LogP contribution in [0.4, 0.5) is 20.5 Å². The summed E-state index contributed by atoms with van der Waals surface area (Å²) < 4.78 is 33.9. The van der Waals surface area contributed by atoms with Crippen molar-refractivity contribution in [2.45, 2.75) is 55.7 Å². The van der Waals surface area contributed by atoms with E-state index in [1.807, 2.05) is 12.1 Å². The zero-order chi connectivity index (χ0) is 24.4. The number of aliphatic hydroxyl groups excluding tert-OH is 1. The molecule has 0 radical (unpaired) electrons. The maximum Gasteiger partial charge on any atom is 0.272 e. The number of halogens is 3. The topological polar surface area (TPSA) is 88.3 Å². The molecule has 4 heterocycles. The molecule has 2 aromatic heterocycles. The second-order valence-corrected chi connectivity index (χ2v) is 10.4. The predicted octanol–water partition coefficient (Wildman–Crippen LogP) is 4.13. The molecule has 0 bridgehead atoms. The molecular formula is C24H27ClF2N6O2. The number of hydrogen-bond acceptors (Lipinski definition) is 7. The van der Waals surface area contributed by atoms with Crippen LogP contribution < -0.4 is 5.32 Å². The van der Waals surface area contributed by atoms with Crippen LogP contribution in [-0.4, -0.2) is 73.6 Å². The maximum absolute atomic E-state index is 13.5. The van der Waals surface area contributed by atoms with E-state index < -0.39 is 18.1 Å². The molecule has 1 saturated carbocycles. The molecule has 0 unspecified atom stereocenters. The van der Waals surface area contributed by atoms with Crippen LogP contribution in [0.15, 0.2) is 30.6 Å². The van der Waals surface area contributed by atoms with Gasteiger partial charge in [-0.25, -0.2) is 23.4 Å². The van der Waals surface area contributed by atoms with Crippen molar-refractivity contribution in [2.75, 3.05) is 31.6 Å². The van der Waals surface area contributed by atoms with Gasteiger partial charge in [0, 0.05) is 29.1 Å². The van der Waals surface area contributed by atoms with E-state index >= 15 is 0 Å². The summed E-state index contributed by atoms with van der Waals surface area (Å²) >= 11 is 6.67. The lowest BCUT2D eigenvalue weighted by Gasteiger charge is -2.43. The molecule has 0 spiro atoms. The van der Waals surface area contributed by atoms with Crippen LogP contribution in [0.1, 0.15) is 43.7 Å². The average Bonchev–Trinajstić information content (AvgIpc) is 3.11. The van der Waals surface area contributed by atoms with Crippen LogP contribution >= 0.6 is 11.6 Å². The summed E-state index contributed by atoms with van der Waals surface area (Å²) in [6.07, 6.45) is 4.30. The van der Waals surface area contributed by atoms with Crippen molar-refractivity contribution >= 4 is 34.3 Å². The quantitative estimate of drug-likeness (QED) is 0.540. The fourth-order valence-corrected chi connectivity index (χ4v) is 5.66. The first kappa shape index (κ1) is 23.0. The van der Waals surface area contributed by atoms with Crippen molar-refractivity contribution in [3.8, 4) is 0 Å². The Balaban J connectivity index is 1.21. The first-order valence-electron chi connectivity index (χ1n) is 11.9. The number of rotatable bonds is 5. The van der Waals surface area contributed by atoms with E-state index in [4.69, 9.17) is 16.3 Å². The van der Waals surface area contributed by atoms with E-state index in [1.54, 1.807) is 12.3 Å². The molecule has 2 N–H and O–H groups in total. The largest absolute Gasteiger partial charge is 0.389 e. The standard InChI is InChI=1S/C24H27ClF2N6O2/c1-23(13-35-12-20(23)34)32-6-3-14(4-7-32)16-9-18-15(8-17(16)25)11-28-22(30-18)31-21-2-5-29-33(21)19-10-24(19,26)27/h2,5,8-9,11,14,19-20,34H,3-4,6-7,10,12-13H2,1H3,(H,28,30,31)/t19-,20+,23-/m1/s1. The normalized spacial score (nSPS) is 29.1. The van der Waals surface area contributed by atoms with Crippen molar-refractivity contribution in [1.82, 2.24) is 24.6 Å². The van der Waals surface area contributed by atoms with Crippen molar-refractivity contribution in [1.29, 1.82) is 0 Å². The zero-order valence-corrected chi connectivity index (χ0v) is 20.0. The van der Waals surface area contributed by atoms with E-state index in [0.29, 0.717) is 30.0 Å². The molecule has 2 aliphatic heterocycles. The van der Waals surface area contributed by atoms with Gasteiger partial charge < -0.3 is 15.2 Å². The van der Waals surface area contributed by atoms with Gasteiger partial charge in [-0.1, -0.05) is 11.6 Å². The summed E-state index contributed by atoms with van der Waals surface area (Å²) in [6.45, 7) is 4.69. The number of hydrogen-bond donors (Lipinski definition) is 2. The first-order chi connectivity index (χ1) is 16.7. The van der Waals surface area contributed by atoms with Gasteiger partial charge in [0.05, 0.1) is 36.6 Å². The number of ether oxygens (including phenoxy) is 1. The lowest BCUT2D eigenvalue weighted by atomic mass is 9.85. The van der Waals surface area contributed by atoms with E-state index in [1.165, 1.54) is 10.9 Å². The van der Waals surface area contributed by atoms with Gasteiger partial charge in [0.25, 0.3) is 5.92 Å². The van der Waals surface area contributed by atoms with E-state index in [2.05, 4.69) is 32.2 Å². The highest BCUT2D eigenvalue weighted by molar-refractivity contribution is 6.32. The number of likely N-dealkylation sites (tertiary alicyclic amines) is 1. The Bertz CT molecular complexity index is 1260. The van der Waals surface area contributed by atoms with Crippen LogP contribution in [0.25, 0.3) is 10.9 Å². The molecule has 3 atom stereocenters. The molecule has 1 aliphatic carbocycles. The highest BCUT2D eigenvalue weighted by Crippen LogP contribution is 2.53. The second kappa shape index (κ2) is 8.33. The Hall–Kier alpha value is -2.40. The number of alkyl halides is 2. The number of piperidine rings is 1. The predicted molar refractivity (Wildman–Crippen MR) is 127 cm³/mol. The number of fused-ring (bicyclic) bond motifs is 1. The van der Waals surface area contributed by atoms with E-state index in [-0.39, 0.29) is 17.9 Å². The van der Waals surface area contributed by atoms with Crippen molar-refractivity contribution in [2.24, 2.45) is 0 Å². The summed E-state index contributed by atoms with van der Waals surface area (Å²) in [7, 11) is 0. The number of benzene rings is 1. The Morgan fingerprint density at radius 1 is 1.26 bits per heavy atom. The third-order valence-corrected chi connectivity index (χ3v) is 8.07. The van der Waals surface area contributed by atoms with Crippen molar-refractivity contribution in [3.05, 3.63) is 41.2 Å². The molecule has 1 aromatic carbocycles. The molecule has 0 amide bonds. The monoisotopic (exact) mass is 504 g/mol. The fourth-order valence-electron chi connectivity index (χ4n) is 5.34. The van der Waals surface area contributed by atoms with Gasteiger partial charge in [0.2, 0.25) is 5.95 Å². The van der Waals surface area contributed by atoms with Gasteiger partial charge in [0.1, 0.15) is 11.9 Å². The van der Waals surface area contributed by atoms with Crippen molar-refractivity contribution < 1.29 is 18.6 Å². The van der Waals surface area contributed by atoms with Gasteiger partial charge >= 0.3 is 0 Å². The Morgan fingerprint density at radius 3 is 2.71 bits per heavy atom. The van der Waals surface area contributed by atoms with Crippen LogP contribution in [0.3, 0.4) is 0 Å². The Labute approximate surface area is 206 Å². The molecular weight excluding hydrogens is 478 g/mol. The molecule has 3 aliphatic rings. The van der Waals surface area contributed by atoms with Gasteiger partial charge in [-0.15, -0.1) is 0 Å². The molecule has 186 valence electrons. The lowest BCUT2D eigenvalue weighted by molar-refractivity contribution is -0.00211. The zero-order valence-electron chi connectivity index (χ0n) is 19.3. The lowest BCUT2D eigenvalue weighted by Crippen LogP contribution is -2.56. The van der Waals surface area contributed by atoms with Gasteiger partial charge in [-0.2, -0.15) is 5.10 Å². The van der Waals surface area contributed by atoms with Gasteiger partial charge in [0.15, 0.2) is 0 Å². The molecule has 3 fully saturated rings. The average molecular weight is 505 g/mol. The summed E-state index contributed by atoms with van der Waals surface area (Å²) in [5, 5.41) is 19.0. The first-order valence-corrected chi connectivity index (χ1v) is 12.3. The molecule has 11 heteroatoms. The maximum atomic E-state index is 13.5. The van der Waals surface area contributed by atoms with Crippen LogP contribution in [0, 0.1) is 0 Å². The summed E-state index contributed by atoms with van der Waals surface area (Å²) in [5.41, 5.74) is 1.43. The van der Waals surface area contributed by atoms with Gasteiger partial charge in [-0.05, 0) is 56.5 Å². The summed E-state index contributed by atoms with van der Waals surface area (Å²) in [5.74, 6) is -1.71. The Morgan fingerprint density at radius 2 is 2.03 bits per heavy atom. The Kier molecular flexibility index (Phi) is 5.48. The highest BCUT2D eigenvalue weighted by atomic mass is 35.5. The molecule has 3 aromatic rings. The number of aromatic nitrogens is 4. The van der Waals surface area contributed by atoms with Crippen LogP contribution in [-0.2, 0) is 4.74 Å². The third kappa shape index (κ3) is 4.06.